The van der Waals surface area contributed by atoms with Gasteiger partial charge in [-0.15, -0.1) is 0 Å². The van der Waals surface area contributed by atoms with Gasteiger partial charge in [0, 0.05) is 0 Å². The molecule has 0 aliphatic heterocycles. The first-order valence-corrected chi connectivity index (χ1v) is 6.44. The van der Waals surface area contributed by atoms with Crippen molar-refractivity contribution in [3.05, 3.63) is 11.7 Å². The molecule has 0 aliphatic carbocycles. The van der Waals surface area contributed by atoms with Gasteiger partial charge in [0.2, 0.25) is 5.89 Å². The molecule has 1 unspecified atom stereocenters. The van der Waals surface area contributed by atoms with Crippen molar-refractivity contribution in [1.82, 2.24) is 10.1 Å². The molecule has 0 aromatic carbocycles. The molecule has 1 atom stereocenters. The second-order valence-electron chi connectivity index (χ2n) is 3.97. The lowest BCUT2D eigenvalue weighted by molar-refractivity contribution is 0.349. The molecule has 1 aromatic heterocycles. The lowest BCUT2D eigenvalue weighted by Crippen LogP contribution is -2.08. The van der Waals surface area contributed by atoms with Crippen molar-refractivity contribution in [2.45, 2.75) is 39.0 Å². The predicted molar refractivity (Wildman–Crippen MR) is 62.5 cm³/mol. The first-order chi connectivity index (χ1) is 7.13. The number of rotatable bonds is 6. The van der Waals surface area contributed by atoms with E-state index in [-0.39, 0.29) is 6.04 Å². The van der Waals surface area contributed by atoms with Gasteiger partial charge < -0.3 is 10.3 Å². The number of thioether (sulfide) groups is 1. The third-order valence-corrected chi connectivity index (χ3v) is 3.29. The lowest BCUT2D eigenvalue weighted by atomic mass is 10.2. The van der Waals surface area contributed by atoms with Gasteiger partial charge in [0.15, 0.2) is 5.82 Å². The van der Waals surface area contributed by atoms with Crippen LogP contribution in [0.2, 0.25) is 0 Å². The third-order valence-electron chi connectivity index (χ3n) is 1.92. The van der Waals surface area contributed by atoms with Crippen LogP contribution in [-0.2, 0) is 5.75 Å². The Kier molecular flexibility index (Phi) is 5.11. The maximum Gasteiger partial charge on any atom is 0.243 e. The molecule has 0 saturated carbocycles. The Morgan fingerprint density at radius 3 is 2.80 bits per heavy atom. The normalized spacial score (nSPS) is 13.4. The molecule has 15 heavy (non-hydrogen) atoms. The van der Waals surface area contributed by atoms with Gasteiger partial charge >= 0.3 is 0 Å². The van der Waals surface area contributed by atoms with Gasteiger partial charge in [0.25, 0.3) is 0 Å². The van der Waals surface area contributed by atoms with Crippen LogP contribution in [0.25, 0.3) is 0 Å². The van der Waals surface area contributed by atoms with Gasteiger partial charge in [-0.25, -0.2) is 0 Å². The Bertz CT molecular complexity index is 288. The molecule has 0 spiro atoms. The Labute approximate surface area is 95.0 Å². The molecule has 0 fully saturated rings. The molecule has 2 N–H and O–H groups in total. The second kappa shape index (κ2) is 6.12. The molecular weight excluding hydrogens is 210 g/mol. The fraction of sp³-hybridized carbons (Fsp3) is 0.800. The molecule has 0 amide bonds. The Morgan fingerprint density at radius 2 is 2.20 bits per heavy atom. The summed E-state index contributed by atoms with van der Waals surface area (Å²) in [4.78, 5) is 4.25. The van der Waals surface area contributed by atoms with E-state index in [0.717, 1.165) is 23.8 Å². The van der Waals surface area contributed by atoms with Crippen molar-refractivity contribution in [3.63, 3.8) is 0 Å². The van der Waals surface area contributed by atoms with E-state index in [9.17, 15) is 0 Å². The standard InChI is InChI=1S/C10H19N3OS/c1-4-8(11)10-12-9(13-14-10)6-15-5-7(2)3/h7-8H,4-6,11H2,1-3H3. The van der Waals surface area contributed by atoms with Gasteiger partial charge in [-0.2, -0.15) is 16.7 Å². The summed E-state index contributed by atoms with van der Waals surface area (Å²) in [6, 6.07) is -0.124. The maximum absolute atomic E-state index is 5.78. The number of hydrogen-bond acceptors (Lipinski definition) is 5. The van der Waals surface area contributed by atoms with Gasteiger partial charge in [-0.1, -0.05) is 25.9 Å². The summed E-state index contributed by atoms with van der Waals surface area (Å²) < 4.78 is 5.08. The molecular formula is C10H19N3OS. The predicted octanol–water partition coefficient (Wildman–Crippen LogP) is 2.37. The third kappa shape index (κ3) is 4.22. The fourth-order valence-electron chi connectivity index (χ4n) is 1.04. The van der Waals surface area contributed by atoms with E-state index >= 15 is 0 Å². The summed E-state index contributed by atoms with van der Waals surface area (Å²) in [5.41, 5.74) is 5.78. The SMILES string of the molecule is CCC(N)c1nc(CSCC(C)C)no1. The summed E-state index contributed by atoms with van der Waals surface area (Å²) in [6.07, 6.45) is 0.820. The monoisotopic (exact) mass is 229 g/mol. The summed E-state index contributed by atoms with van der Waals surface area (Å²) in [5, 5.41) is 3.90. The van der Waals surface area contributed by atoms with E-state index in [2.05, 4.69) is 24.0 Å². The molecule has 86 valence electrons. The number of nitrogens with two attached hydrogens (primary N) is 1. The van der Waals surface area contributed by atoms with Gasteiger partial charge in [0.1, 0.15) is 0 Å². The molecule has 5 heteroatoms. The van der Waals surface area contributed by atoms with Crippen LogP contribution in [0.5, 0.6) is 0 Å². The van der Waals surface area contributed by atoms with E-state index in [1.54, 1.807) is 0 Å². The van der Waals surface area contributed by atoms with Crippen LogP contribution >= 0.6 is 11.8 Å². The largest absolute Gasteiger partial charge is 0.338 e. The van der Waals surface area contributed by atoms with Gasteiger partial charge in [-0.3, -0.25) is 0 Å². The Hall–Kier alpha value is -0.550. The quantitative estimate of drug-likeness (QED) is 0.811. The highest BCUT2D eigenvalue weighted by Crippen LogP contribution is 2.16. The van der Waals surface area contributed by atoms with Crippen molar-refractivity contribution in [2.24, 2.45) is 11.7 Å². The first-order valence-electron chi connectivity index (χ1n) is 5.29. The number of nitrogens with zero attached hydrogens (tertiary/aromatic N) is 2. The van der Waals surface area contributed by atoms with Crippen LogP contribution in [0.1, 0.15) is 44.9 Å². The highest BCUT2D eigenvalue weighted by atomic mass is 32.2. The minimum atomic E-state index is -0.124. The van der Waals surface area contributed by atoms with E-state index in [4.69, 9.17) is 10.3 Å². The fourth-order valence-corrected chi connectivity index (χ4v) is 1.93. The zero-order valence-electron chi connectivity index (χ0n) is 9.56. The molecule has 0 radical (unpaired) electrons. The van der Waals surface area contributed by atoms with E-state index < -0.39 is 0 Å². The van der Waals surface area contributed by atoms with Gasteiger partial charge in [0.05, 0.1) is 11.8 Å². The van der Waals surface area contributed by atoms with Crippen LogP contribution in [0, 0.1) is 5.92 Å². The second-order valence-corrected chi connectivity index (χ2v) is 5.00. The van der Waals surface area contributed by atoms with E-state index in [1.165, 1.54) is 0 Å². The molecule has 4 nitrogen and oxygen atoms in total. The summed E-state index contributed by atoms with van der Waals surface area (Å²) in [6.45, 7) is 6.39. The van der Waals surface area contributed by atoms with Crippen molar-refractivity contribution < 1.29 is 4.52 Å². The number of hydrogen-bond donors (Lipinski definition) is 1. The molecule has 1 aromatic rings. The molecule has 1 heterocycles. The average molecular weight is 229 g/mol. The van der Waals surface area contributed by atoms with Crippen LogP contribution < -0.4 is 5.73 Å². The lowest BCUT2D eigenvalue weighted by Gasteiger charge is -2.01. The van der Waals surface area contributed by atoms with Crippen LogP contribution in [0.15, 0.2) is 4.52 Å². The Morgan fingerprint density at radius 1 is 1.47 bits per heavy atom. The van der Waals surface area contributed by atoms with Crippen LogP contribution in [-0.4, -0.2) is 15.9 Å². The van der Waals surface area contributed by atoms with Crippen LogP contribution in [0.4, 0.5) is 0 Å². The van der Waals surface area contributed by atoms with Crippen molar-refractivity contribution in [2.75, 3.05) is 5.75 Å². The van der Waals surface area contributed by atoms with Gasteiger partial charge in [-0.05, 0) is 18.1 Å². The molecule has 1 rings (SSSR count). The molecule has 0 saturated heterocycles. The summed E-state index contributed by atoms with van der Waals surface area (Å²) in [7, 11) is 0. The topological polar surface area (TPSA) is 64.9 Å². The zero-order valence-corrected chi connectivity index (χ0v) is 10.4. The maximum atomic E-state index is 5.78. The highest BCUT2D eigenvalue weighted by molar-refractivity contribution is 7.98. The summed E-state index contributed by atoms with van der Waals surface area (Å²) in [5.74, 6) is 3.92. The average Bonchev–Trinajstić information content (AvgIpc) is 2.65. The highest BCUT2D eigenvalue weighted by Gasteiger charge is 2.12. The minimum Gasteiger partial charge on any atom is -0.338 e. The van der Waals surface area contributed by atoms with Crippen LogP contribution in [0.3, 0.4) is 0 Å². The summed E-state index contributed by atoms with van der Waals surface area (Å²) >= 11 is 1.82. The van der Waals surface area contributed by atoms with Crippen molar-refractivity contribution >= 4 is 11.8 Å². The molecule has 0 bridgehead atoms. The number of aromatic nitrogens is 2. The van der Waals surface area contributed by atoms with E-state index in [0.29, 0.717) is 11.8 Å². The van der Waals surface area contributed by atoms with Crippen molar-refractivity contribution in [3.8, 4) is 0 Å². The van der Waals surface area contributed by atoms with E-state index in [1.807, 2.05) is 18.7 Å². The minimum absolute atomic E-state index is 0.124. The Balaban J connectivity index is 2.39. The zero-order chi connectivity index (χ0) is 11.3. The molecule has 0 aliphatic rings. The van der Waals surface area contributed by atoms with Crippen molar-refractivity contribution in [1.29, 1.82) is 0 Å². The smallest absolute Gasteiger partial charge is 0.243 e. The first kappa shape index (κ1) is 12.5.